The third-order valence-electron chi connectivity index (χ3n) is 2.48. The lowest BCUT2D eigenvalue weighted by Gasteiger charge is -2.14. The number of hydrogen-bond acceptors (Lipinski definition) is 3. The quantitative estimate of drug-likeness (QED) is 0.813. The molecule has 0 aliphatic carbocycles. The number of amides is 3. The molecule has 0 aromatic heterocycles. The predicted molar refractivity (Wildman–Crippen MR) is 65.5 cm³/mol. The minimum Gasteiger partial charge on any atom is -0.443 e. The van der Waals surface area contributed by atoms with Crippen LogP contribution in [-0.4, -0.2) is 36.7 Å². The number of ether oxygens (including phenoxy) is 1. The van der Waals surface area contributed by atoms with Gasteiger partial charge >= 0.3 is 12.1 Å². The molecule has 5 N–H and O–H groups in total. The molecule has 7 heteroatoms. The van der Waals surface area contributed by atoms with Gasteiger partial charge in [0.2, 0.25) is 0 Å². The molecular weight excluding hydrogens is 253 g/mol. The molecule has 1 atom stereocenters. The van der Waals surface area contributed by atoms with Crippen LogP contribution in [0.1, 0.15) is 5.56 Å². The summed E-state index contributed by atoms with van der Waals surface area (Å²) in [7, 11) is 1.22. The molecule has 0 radical (unpaired) electrons. The van der Waals surface area contributed by atoms with Crippen LogP contribution < -0.4 is 11.5 Å². The van der Waals surface area contributed by atoms with Crippen molar-refractivity contribution in [3.8, 4) is 0 Å². The lowest BCUT2D eigenvalue weighted by molar-refractivity contribution is -0.424. The highest BCUT2D eigenvalue weighted by atomic mass is 19.1. The molecular formula is C12H17FN3O3+. The number of nitrogens with zero attached hydrogens (tertiary/aromatic N) is 1. The molecule has 0 saturated heterocycles. The summed E-state index contributed by atoms with van der Waals surface area (Å²) in [5.74, 6) is -0.307. The van der Waals surface area contributed by atoms with Crippen molar-refractivity contribution in [1.82, 2.24) is 4.90 Å². The van der Waals surface area contributed by atoms with Gasteiger partial charge in [0.15, 0.2) is 0 Å². The summed E-state index contributed by atoms with van der Waals surface area (Å²) in [6, 6.07) is 4.92. The molecule has 19 heavy (non-hydrogen) atoms. The molecule has 0 heterocycles. The molecule has 0 bridgehead atoms. The molecule has 0 fully saturated rings. The Morgan fingerprint density at radius 2 is 2.00 bits per heavy atom. The van der Waals surface area contributed by atoms with E-state index in [1.807, 2.05) is 0 Å². The number of primary amides is 1. The largest absolute Gasteiger partial charge is 0.443 e. The van der Waals surface area contributed by atoms with Gasteiger partial charge in [0.05, 0.1) is 0 Å². The van der Waals surface area contributed by atoms with Gasteiger partial charge in [0.1, 0.15) is 18.5 Å². The van der Waals surface area contributed by atoms with Gasteiger partial charge in [-0.2, -0.15) is 0 Å². The van der Waals surface area contributed by atoms with Gasteiger partial charge in [-0.25, -0.2) is 18.9 Å². The second-order valence-corrected chi connectivity index (χ2v) is 4.17. The molecule has 1 aromatic rings. The van der Waals surface area contributed by atoms with E-state index in [2.05, 4.69) is 5.73 Å². The number of halogens is 1. The summed E-state index contributed by atoms with van der Waals surface area (Å²) in [6.07, 6.45) is -0.284. The highest BCUT2D eigenvalue weighted by Crippen LogP contribution is 2.05. The molecule has 6 nitrogen and oxygen atoms in total. The number of hydrogen-bond donors (Lipinski definition) is 2. The van der Waals surface area contributed by atoms with Crippen molar-refractivity contribution in [2.45, 2.75) is 12.5 Å². The van der Waals surface area contributed by atoms with E-state index < -0.39 is 12.1 Å². The summed E-state index contributed by atoms with van der Waals surface area (Å²) in [5, 5.41) is 0. The van der Waals surface area contributed by atoms with Crippen molar-refractivity contribution in [1.29, 1.82) is 0 Å². The van der Waals surface area contributed by atoms with Crippen LogP contribution in [0, 0.1) is 5.82 Å². The number of carbonyl (C=O) groups is 2. The number of benzene rings is 1. The van der Waals surface area contributed by atoms with Crippen LogP contribution in [0.3, 0.4) is 0 Å². The first-order valence-electron chi connectivity index (χ1n) is 5.67. The maximum atomic E-state index is 12.7. The predicted octanol–water partition coefficient (Wildman–Crippen LogP) is 0.126. The Morgan fingerprint density at radius 3 is 2.53 bits per heavy atom. The minimum absolute atomic E-state index is 0.0494. The van der Waals surface area contributed by atoms with Crippen molar-refractivity contribution in [3.05, 3.63) is 35.6 Å². The number of nitrogens with two attached hydrogens (primary N) is 1. The fourth-order valence-electron chi connectivity index (χ4n) is 1.39. The third-order valence-corrected chi connectivity index (χ3v) is 2.48. The van der Waals surface area contributed by atoms with Crippen LogP contribution >= 0.6 is 0 Å². The molecule has 1 rings (SSSR count). The van der Waals surface area contributed by atoms with Crippen LogP contribution in [-0.2, 0) is 11.2 Å². The fourth-order valence-corrected chi connectivity index (χ4v) is 1.39. The SMILES string of the molecule is CN(C(N)=O)C(=O)OC[C@H]([NH3+])Cc1ccc(F)cc1. The second kappa shape index (κ2) is 6.69. The van der Waals surface area contributed by atoms with Crippen LogP contribution in [0.15, 0.2) is 24.3 Å². The lowest BCUT2D eigenvalue weighted by Crippen LogP contribution is -2.64. The van der Waals surface area contributed by atoms with Crippen LogP contribution in [0.2, 0.25) is 0 Å². The van der Waals surface area contributed by atoms with E-state index in [1.54, 1.807) is 12.1 Å². The number of rotatable bonds is 4. The number of quaternary nitrogens is 1. The Balaban J connectivity index is 2.39. The molecule has 1 aromatic carbocycles. The molecule has 0 unspecified atom stereocenters. The lowest BCUT2D eigenvalue weighted by atomic mass is 10.1. The summed E-state index contributed by atoms with van der Waals surface area (Å²) in [4.78, 5) is 22.7. The Labute approximate surface area is 110 Å². The van der Waals surface area contributed by atoms with E-state index in [0.717, 1.165) is 5.56 Å². The Bertz CT molecular complexity index is 450. The Morgan fingerprint density at radius 1 is 1.42 bits per heavy atom. The van der Waals surface area contributed by atoms with E-state index in [1.165, 1.54) is 19.2 Å². The molecule has 0 spiro atoms. The summed E-state index contributed by atoms with van der Waals surface area (Å²) < 4.78 is 17.6. The van der Waals surface area contributed by atoms with Crippen LogP contribution in [0.4, 0.5) is 14.0 Å². The minimum atomic E-state index is -0.885. The monoisotopic (exact) mass is 270 g/mol. The van der Waals surface area contributed by atoms with Crippen molar-refractivity contribution in [2.75, 3.05) is 13.7 Å². The maximum absolute atomic E-state index is 12.7. The smallest absolute Gasteiger partial charge is 0.417 e. The summed E-state index contributed by atoms with van der Waals surface area (Å²) >= 11 is 0. The zero-order chi connectivity index (χ0) is 14.4. The average Bonchev–Trinajstić information content (AvgIpc) is 2.37. The Hall–Kier alpha value is -2.15. The fraction of sp³-hybridized carbons (Fsp3) is 0.333. The average molecular weight is 270 g/mol. The maximum Gasteiger partial charge on any atom is 0.417 e. The summed E-state index contributed by atoms with van der Waals surface area (Å²) in [6.45, 7) is 0.0494. The van der Waals surface area contributed by atoms with Gasteiger partial charge in [-0.15, -0.1) is 0 Å². The van der Waals surface area contributed by atoms with Gasteiger partial charge in [-0.1, -0.05) is 12.1 Å². The zero-order valence-corrected chi connectivity index (χ0v) is 10.6. The van der Waals surface area contributed by atoms with Crippen molar-refractivity contribution in [2.24, 2.45) is 5.73 Å². The van der Waals surface area contributed by atoms with Crippen molar-refractivity contribution < 1.29 is 24.5 Å². The third kappa shape index (κ3) is 4.92. The van der Waals surface area contributed by atoms with E-state index in [4.69, 9.17) is 10.5 Å². The first kappa shape index (κ1) is 14.9. The van der Waals surface area contributed by atoms with Crippen LogP contribution in [0.5, 0.6) is 0 Å². The topological polar surface area (TPSA) is 100 Å². The van der Waals surface area contributed by atoms with E-state index in [9.17, 15) is 14.0 Å². The molecule has 0 aliphatic rings. The van der Waals surface area contributed by atoms with Gasteiger partial charge in [0, 0.05) is 13.5 Å². The van der Waals surface area contributed by atoms with Gasteiger partial charge in [-0.3, -0.25) is 0 Å². The Kier molecular flexibility index (Phi) is 5.25. The highest BCUT2D eigenvalue weighted by molar-refractivity contribution is 5.89. The number of carbonyl (C=O) groups excluding carboxylic acids is 2. The molecule has 3 amide bonds. The van der Waals surface area contributed by atoms with Gasteiger partial charge < -0.3 is 16.2 Å². The first-order valence-corrected chi connectivity index (χ1v) is 5.67. The van der Waals surface area contributed by atoms with Gasteiger partial charge in [-0.05, 0) is 17.7 Å². The molecule has 0 saturated carbocycles. The standard InChI is InChI=1S/C12H16FN3O3/c1-16(11(15)17)12(18)19-7-10(14)6-8-2-4-9(13)5-3-8/h2-5,10H,6-7,14H2,1H3,(H2,15,17)/p+1/t10-/m1/s1. The normalized spacial score (nSPS) is 11.7. The molecule has 104 valence electrons. The van der Waals surface area contributed by atoms with E-state index in [-0.39, 0.29) is 18.5 Å². The highest BCUT2D eigenvalue weighted by Gasteiger charge is 2.17. The van der Waals surface area contributed by atoms with Crippen molar-refractivity contribution in [3.63, 3.8) is 0 Å². The number of urea groups is 1. The van der Waals surface area contributed by atoms with E-state index >= 15 is 0 Å². The zero-order valence-electron chi connectivity index (χ0n) is 10.6. The van der Waals surface area contributed by atoms with Crippen LogP contribution in [0.25, 0.3) is 0 Å². The first-order chi connectivity index (χ1) is 8.90. The van der Waals surface area contributed by atoms with Gasteiger partial charge in [0.25, 0.3) is 0 Å². The van der Waals surface area contributed by atoms with E-state index in [0.29, 0.717) is 11.3 Å². The second-order valence-electron chi connectivity index (χ2n) is 4.17. The summed E-state index contributed by atoms with van der Waals surface area (Å²) in [5.41, 5.74) is 9.63. The van der Waals surface area contributed by atoms with Crippen molar-refractivity contribution >= 4 is 12.1 Å². The number of imide groups is 1. The molecule has 0 aliphatic heterocycles.